The van der Waals surface area contributed by atoms with Gasteiger partial charge in [-0.25, -0.2) is 0 Å². The molecule has 5 aliphatic rings. The summed E-state index contributed by atoms with van der Waals surface area (Å²) in [4.78, 5) is 26.4. The number of carbonyl (C=O) groups excluding carboxylic acids is 2. The molecule has 1 N–H and O–H groups in total. The van der Waals surface area contributed by atoms with E-state index in [1.54, 1.807) is 5.57 Å². The van der Waals surface area contributed by atoms with E-state index in [9.17, 15) is 14.7 Å². The molecule has 8 atom stereocenters. The molecule has 0 saturated heterocycles. The van der Waals surface area contributed by atoms with Crippen LogP contribution in [0, 0.1) is 50.2 Å². The first-order valence-electron chi connectivity index (χ1n) is 13.6. The third-order valence-electron chi connectivity index (χ3n) is 12.7. The molecule has 5 rings (SSSR count). The van der Waals surface area contributed by atoms with Gasteiger partial charge in [0, 0.05) is 18.3 Å². The lowest BCUT2D eigenvalue weighted by Crippen LogP contribution is -2.65. The first-order valence-corrected chi connectivity index (χ1v) is 13.6. The molecule has 0 aromatic heterocycles. The molecule has 4 saturated carbocycles. The maximum absolute atomic E-state index is 13.4. The average molecular weight is 455 g/mol. The van der Waals surface area contributed by atoms with Crippen LogP contribution in [-0.2, 0) is 9.59 Å². The summed E-state index contributed by atoms with van der Waals surface area (Å²) in [5, 5.41) is 10.3. The van der Waals surface area contributed by atoms with Crippen LogP contribution in [0.3, 0.4) is 0 Å². The van der Waals surface area contributed by atoms with Crippen LogP contribution in [0.2, 0.25) is 0 Å². The molecule has 184 valence electrons. The van der Waals surface area contributed by atoms with Crippen LogP contribution in [0.4, 0.5) is 0 Å². The van der Waals surface area contributed by atoms with Crippen LogP contribution < -0.4 is 0 Å². The smallest absolute Gasteiger partial charge is 0.141 e. The van der Waals surface area contributed by atoms with Crippen molar-refractivity contribution in [2.45, 2.75) is 106 Å². The van der Waals surface area contributed by atoms with Gasteiger partial charge in [0.2, 0.25) is 0 Å². The van der Waals surface area contributed by atoms with Crippen LogP contribution in [-0.4, -0.2) is 23.3 Å². The maximum Gasteiger partial charge on any atom is 0.141 e. The van der Waals surface area contributed by atoms with Crippen LogP contribution >= 0.6 is 0 Å². The second-order valence-electron chi connectivity index (χ2n) is 14.7. The Labute approximate surface area is 201 Å². The lowest BCUT2D eigenvalue weighted by atomic mass is 9.33. The van der Waals surface area contributed by atoms with E-state index < -0.39 is 5.41 Å². The summed E-state index contributed by atoms with van der Waals surface area (Å²) in [6, 6.07) is 0. The molecule has 5 aliphatic carbocycles. The van der Waals surface area contributed by atoms with E-state index in [0.717, 1.165) is 51.4 Å². The van der Waals surface area contributed by atoms with Gasteiger partial charge in [0.1, 0.15) is 11.6 Å². The number of Topliss-reactive ketones (excluding diaryl/α,β-unsaturated/α-hetero) is 2. The van der Waals surface area contributed by atoms with Crippen molar-refractivity contribution >= 4 is 11.6 Å². The molecule has 0 amide bonds. The molecule has 0 aromatic carbocycles. The highest BCUT2D eigenvalue weighted by Gasteiger charge is 2.69. The fourth-order valence-corrected chi connectivity index (χ4v) is 10.3. The number of rotatable bonds is 1. The molecule has 0 unspecified atom stereocenters. The topological polar surface area (TPSA) is 54.4 Å². The summed E-state index contributed by atoms with van der Waals surface area (Å²) in [7, 11) is 0. The molecule has 33 heavy (non-hydrogen) atoms. The van der Waals surface area contributed by atoms with E-state index in [-0.39, 0.29) is 45.4 Å². The predicted molar refractivity (Wildman–Crippen MR) is 132 cm³/mol. The maximum atomic E-state index is 13.4. The molecule has 0 aromatic rings. The highest BCUT2D eigenvalue weighted by Crippen LogP contribution is 2.75. The van der Waals surface area contributed by atoms with Gasteiger partial charge >= 0.3 is 0 Å². The average Bonchev–Trinajstić information content (AvgIpc) is 2.73. The number of allylic oxidation sites excluding steroid dienone is 2. The fraction of sp³-hybridized carbons (Fsp3) is 0.867. The minimum atomic E-state index is -0.593. The number of aliphatic hydroxyl groups is 1. The molecule has 0 radical (unpaired) electrons. The largest absolute Gasteiger partial charge is 0.395 e. The number of hydrogen-bond acceptors (Lipinski definition) is 3. The normalized spacial score (nSPS) is 53.3. The highest BCUT2D eigenvalue weighted by atomic mass is 16.3. The van der Waals surface area contributed by atoms with Gasteiger partial charge in [-0.1, -0.05) is 60.1 Å². The predicted octanol–water partition coefficient (Wildman–Crippen LogP) is 6.53. The van der Waals surface area contributed by atoms with Crippen molar-refractivity contribution in [3.63, 3.8) is 0 Å². The van der Waals surface area contributed by atoms with Crippen molar-refractivity contribution in [3.05, 3.63) is 11.6 Å². The van der Waals surface area contributed by atoms with Gasteiger partial charge in [0.25, 0.3) is 0 Å². The minimum Gasteiger partial charge on any atom is -0.395 e. The van der Waals surface area contributed by atoms with Crippen molar-refractivity contribution in [1.82, 2.24) is 0 Å². The van der Waals surface area contributed by atoms with Gasteiger partial charge in [0.15, 0.2) is 0 Å². The van der Waals surface area contributed by atoms with Gasteiger partial charge in [0.05, 0.1) is 12.0 Å². The summed E-state index contributed by atoms with van der Waals surface area (Å²) in [6.45, 7) is 16.4. The van der Waals surface area contributed by atoms with E-state index in [1.165, 1.54) is 0 Å². The van der Waals surface area contributed by atoms with Crippen molar-refractivity contribution < 1.29 is 14.7 Å². The zero-order valence-electron chi connectivity index (χ0n) is 22.1. The standard InChI is InChI=1S/C30H46O3/c1-25(2)16-20-19-8-9-22-27(4)12-11-23(32)28(5,18-31)21(27)10-13-30(22,7)29(19,6)15-14-26(20,3)24(33)17-25/h8,20-22,31H,9-18H2,1-7H3/t20-,21+,22+,26+,27-,28+,29+,30+/m1/s1. The third kappa shape index (κ3) is 2.78. The molecular formula is C30H46O3. The van der Waals surface area contributed by atoms with Crippen LogP contribution in [0.1, 0.15) is 106 Å². The van der Waals surface area contributed by atoms with Gasteiger partial charge in [-0.05, 0) is 84.4 Å². The summed E-state index contributed by atoms with van der Waals surface area (Å²) in [6.07, 6.45) is 11.3. The molecule has 0 aliphatic heterocycles. The lowest BCUT2D eigenvalue weighted by molar-refractivity contribution is -0.191. The van der Waals surface area contributed by atoms with Gasteiger partial charge in [-0.2, -0.15) is 0 Å². The Morgan fingerprint density at radius 1 is 0.909 bits per heavy atom. The Hall–Kier alpha value is -0.960. The number of hydrogen-bond donors (Lipinski definition) is 1. The Morgan fingerprint density at radius 3 is 2.27 bits per heavy atom. The van der Waals surface area contributed by atoms with E-state index in [0.29, 0.717) is 24.0 Å². The van der Waals surface area contributed by atoms with Gasteiger partial charge in [-0.15, -0.1) is 0 Å². The van der Waals surface area contributed by atoms with Gasteiger partial charge in [-0.3, -0.25) is 9.59 Å². The molecule has 3 nitrogen and oxygen atoms in total. The second-order valence-corrected chi connectivity index (χ2v) is 14.7. The van der Waals surface area contributed by atoms with Crippen LogP contribution in [0.15, 0.2) is 11.6 Å². The first kappa shape index (κ1) is 23.8. The first-order chi connectivity index (χ1) is 15.2. The van der Waals surface area contributed by atoms with Crippen molar-refractivity contribution in [2.24, 2.45) is 50.2 Å². The summed E-state index contributed by atoms with van der Waals surface area (Å²) >= 11 is 0. The Bertz CT molecular complexity index is 931. The Balaban J connectivity index is 1.60. The second kappa shape index (κ2) is 6.83. The molecular weight excluding hydrogens is 408 g/mol. The lowest BCUT2D eigenvalue weighted by Gasteiger charge is -2.70. The summed E-state index contributed by atoms with van der Waals surface area (Å²) in [5.41, 5.74) is 1.24. The van der Waals surface area contributed by atoms with E-state index in [2.05, 4.69) is 47.6 Å². The fourth-order valence-electron chi connectivity index (χ4n) is 10.3. The molecule has 0 heterocycles. The molecule has 0 bridgehead atoms. The highest BCUT2D eigenvalue weighted by molar-refractivity contribution is 5.87. The van der Waals surface area contributed by atoms with E-state index >= 15 is 0 Å². The molecule has 3 heteroatoms. The number of ketones is 2. The third-order valence-corrected chi connectivity index (χ3v) is 12.7. The zero-order valence-corrected chi connectivity index (χ0v) is 22.1. The monoisotopic (exact) mass is 454 g/mol. The summed E-state index contributed by atoms with van der Waals surface area (Å²) < 4.78 is 0. The van der Waals surface area contributed by atoms with E-state index in [1.807, 2.05) is 6.92 Å². The summed E-state index contributed by atoms with van der Waals surface area (Å²) in [5.74, 6) is 1.90. The SMILES string of the molecule is CC1(C)CC(=O)[C@@]2(C)CC[C@@]3(C)C(=CC[C@H]4[C@]5(C)CCC(=O)[C@@](C)(CO)[C@H]5CC[C@@]43C)[C@H]2C1. The zero-order chi connectivity index (χ0) is 24.2. The van der Waals surface area contributed by atoms with Crippen molar-refractivity contribution in [2.75, 3.05) is 6.61 Å². The minimum absolute atomic E-state index is 0.0223. The van der Waals surface area contributed by atoms with Crippen LogP contribution in [0.25, 0.3) is 0 Å². The quantitative estimate of drug-likeness (QED) is 0.458. The Kier molecular flexibility index (Phi) is 4.92. The van der Waals surface area contributed by atoms with Crippen LogP contribution in [0.5, 0.6) is 0 Å². The van der Waals surface area contributed by atoms with Gasteiger partial charge < -0.3 is 5.11 Å². The molecule has 0 spiro atoms. The number of carbonyl (C=O) groups is 2. The number of fused-ring (bicyclic) bond motifs is 7. The Morgan fingerprint density at radius 2 is 1.61 bits per heavy atom. The number of aliphatic hydroxyl groups excluding tert-OH is 1. The van der Waals surface area contributed by atoms with Crippen molar-refractivity contribution in [3.8, 4) is 0 Å². The molecule has 4 fully saturated rings. The van der Waals surface area contributed by atoms with E-state index in [4.69, 9.17) is 0 Å². The van der Waals surface area contributed by atoms with Crippen molar-refractivity contribution in [1.29, 1.82) is 0 Å².